The lowest BCUT2D eigenvalue weighted by molar-refractivity contribution is -0.128. The lowest BCUT2D eigenvalue weighted by Gasteiger charge is -2.37. The molecule has 2 N–H and O–H groups in total. The Balaban J connectivity index is 2.03. The van der Waals surface area contributed by atoms with Crippen molar-refractivity contribution in [3.05, 3.63) is 17.7 Å². The number of carbonyl (C=O) groups is 1. The normalized spacial score (nSPS) is 15.3. The number of carbonyl (C=O) groups excluding carboxylic acids is 1. The molecule has 32 heavy (non-hydrogen) atoms. The maximum absolute atomic E-state index is 12.1. The van der Waals surface area contributed by atoms with Crippen LogP contribution in [-0.2, 0) is 11.3 Å². The second kappa shape index (κ2) is 11.8. The monoisotopic (exact) mass is 449 g/mol. The van der Waals surface area contributed by atoms with Crippen LogP contribution in [0.2, 0.25) is 0 Å². The number of nitrogens with one attached hydrogen (secondary N) is 2. The molecule has 0 radical (unpaired) electrons. The number of benzene rings is 1. The van der Waals surface area contributed by atoms with E-state index in [1.165, 1.54) is 0 Å². The predicted octanol–water partition coefficient (Wildman–Crippen LogP) is 1.57. The molecule has 0 aromatic heterocycles. The van der Waals surface area contributed by atoms with E-state index < -0.39 is 5.41 Å². The molecule has 2 rings (SSSR count). The number of ether oxygens (including phenoxy) is 3. The average molecular weight is 450 g/mol. The van der Waals surface area contributed by atoms with Gasteiger partial charge in [-0.3, -0.25) is 14.7 Å². The molecular formula is C23H39N5O4. The summed E-state index contributed by atoms with van der Waals surface area (Å²) < 4.78 is 16.4. The van der Waals surface area contributed by atoms with Crippen molar-refractivity contribution in [1.82, 2.24) is 20.4 Å². The van der Waals surface area contributed by atoms with Crippen LogP contribution < -0.4 is 24.8 Å². The highest BCUT2D eigenvalue weighted by Gasteiger charge is 2.27. The van der Waals surface area contributed by atoms with E-state index in [-0.39, 0.29) is 5.91 Å². The molecule has 1 aliphatic rings. The van der Waals surface area contributed by atoms with Crippen molar-refractivity contribution in [2.75, 3.05) is 67.6 Å². The van der Waals surface area contributed by atoms with Crippen molar-refractivity contribution in [2.45, 2.75) is 27.3 Å². The molecule has 1 aliphatic heterocycles. The first-order chi connectivity index (χ1) is 15.3. The number of aliphatic imine (C=N–C) groups is 1. The molecule has 1 heterocycles. The van der Waals surface area contributed by atoms with E-state index in [9.17, 15) is 4.79 Å². The molecule has 1 amide bonds. The quantitative estimate of drug-likeness (QED) is 0.437. The summed E-state index contributed by atoms with van der Waals surface area (Å²) in [4.78, 5) is 21.5. The number of guanidine groups is 1. The molecule has 0 spiro atoms. The van der Waals surface area contributed by atoms with Crippen LogP contribution in [0.15, 0.2) is 17.1 Å². The lowest BCUT2D eigenvalue weighted by atomic mass is 9.93. The second-order valence-corrected chi connectivity index (χ2v) is 8.43. The zero-order valence-electron chi connectivity index (χ0n) is 20.6. The van der Waals surface area contributed by atoms with Gasteiger partial charge < -0.3 is 29.7 Å². The third-order valence-electron chi connectivity index (χ3n) is 5.60. The fourth-order valence-corrected chi connectivity index (χ4v) is 3.71. The summed E-state index contributed by atoms with van der Waals surface area (Å²) in [5, 5.41) is 6.09. The van der Waals surface area contributed by atoms with Crippen LogP contribution in [0.1, 0.15) is 26.3 Å². The molecule has 9 heteroatoms. The van der Waals surface area contributed by atoms with Crippen LogP contribution in [-0.4, -0.2) is 89.3 Å². The van der Waals surface area contributed by atoms with E-state index in [4.69, 9.17) is 19.2 Å². The molecule has 1 fully saturated rings. The first kappa shape index (κ1) is 25.6. The zero-order valence-corrected chi connectivity index (χ0v) is 20.6. The Morgan fingerprint density at radius 3 is 2.12 bits per heavy atom. The Labute approximate surface area is 192 Å². The largest absolute Gasteiger partial charge is 0.493 e. The highest BCUT2D eigenvalue weighted by molar-refractivity contribution is 5.83. The van der Waals surface area contributed by atoms with Gasteiger partial charge in [-0.1, -0.05) is 0 Å². The second-order valence-electron chi connectivity index (χ2n) is 8.43. The highest BCUT2D eigenvalue weighted by atomic mass is 16.5. The first-order valence-electron chi connectivity index (χ1n) is 11.1. The summed E-state index contributed by atoms with van der Waals surface area (Å²) in [6, 6.07) is 4.00. The van der Waals surface area contributed by atoms with E-state index in [1.54, 1.807) is 28.4 Å². The van der Waals surface area contributed by atoms with Gasteiger partial charge >= 0.3 is 0 Å². The van der Waals surface area contributed by atoms with Crippen LogP contribution in [0.25, 0.3) is 0 Å². The summed E-state index contributed by atoms with van der Waals surface area (Å²) in [6.07, 6.45) is 0. The average Bonchev–Trinajstić information content (AvgIpc) is 2.80. The van der Waals surface area contributed by atoms with Crippen LogP contribution in [0.3, 0.4) is 0 Å². The Morgan fingerprint density at radius 1 is 1.06 bits per heavy atom. The summed E-state index contributed by atoms with van der Waals surface area (Å²) in [5.74, 6) is 2.79. The maximum atomic E-state index is 12.1. The van der Waals surface area contributed by atoms with Crippen molar-refractivity contribution in [1.29, 1.82) is 0 Å². The number of amides is 1. The topological polar surface area (TPSA) is 87.7 Å². The standard InChI is InChI=1S/C23H39N5O4/c1-8-25-22(26-16-23(2,3)21(29)24-4)28-11-9-27(10-12-28)15-17-13-18(30-5)20(32-7)19(14-17)31-6/h13-14H,8-12,15-16H2,1-7H3,(H,24,29)(H,25,26). The molecule has 0 unspecified atom stereocenters. The molecule has 9 nitrogen and oxygen atoms in total. The highest BCUT2D eigenvalue weighted by Crippen LogP contribution is 2.38. The Bertz CT molecular complexity index is 764. The van der Waals surface area contributed by atoms with Crippen LogP contribution in [0, 0.1) is 5.41 Å². The number of piperazine rings is 1. The molecule has 0 atom stereocenters. The van der Waals surface area contributed by atoms with Gasteiger partial charge in [0.1, 0.15) is 0 Å². The van der Waals surface area contributed by atoms with Gasteiger partial charge in [0, 0.05) is 46.3 Å². The molecule has 0 bridgehead atoms. The van der Waals surface area contributed by atoms with Gasteiger partial charge in [-0.2, -0.15) is 0 Å². The molecule has 180 valence electrons. The van der Waals surface area contributed by atoms with E-state index in [2.05, 4.69) is 27.4 Å². The third-order valence-corrected chi connectivity index (χ3v) is 5.60. The number of hydrogen-bond donors (Lipinski definition) is 2. The molecule has 0 aliphatic carbocycles. The van der Waals surface area contributed by atoms with Crippen molar-refractivity contribution < 1.29 is 19.0 Å². The molecule has 0 saturated carbocycles. The summed E-state index contributed by atoms with van der Waals surface area (Å²) >= 11 is 0. The van der Waals surface area contributed by atoms with Gasteiger partial charge in [-0.25, -0.2) is 0 Å². The number of rotatable bonds is 9. The van der Waals surface area contributed by atoms with Gasteiger partial charge in [-0.15, -0.1) is 0 Å². The van der Waals surface area contributed by atoms with Gasteiger partial charge in [0.15, 0.2) is 17.5 Å². The zero-order chi connectivity index (χ0) is 23.7. The number of nitrogens with zero attached hydrogens (tertiary/aromatic N) is 3. The number of methoxy groups -OCH3 is 3. The fraction of sp³-hybridized carbons (Fsp3) is 0.652. The summed E-state index contributed by atoms with van der Waals surface area (Å²) in [6.45, 7) is 11.4. The molecule has 1 aromatic carbocycles. The molecular weight excluding hydrogens is 410 g/mol. The first-order valence-corrected chi connectivity index (χ1v) is 11.1. The van der Waals surface area contributed by atoms with Gasteiger partial charge in [-0.05, 0) is 38.5 Å². The van der Waals surface area contributed by atoms with Gasteiger partial charge in [0.05, 0.1) is 33.3 Å². The van der Waals surface area contributed by atoms with E-state index in [1.807, 2.05) is 26.0 Å². The Morgan fingerprint density at radius 2 is 1.66 bits per heavy atom. The lowest BCUT2D eigenvalue weighted by Crippen LogP contribution is -2.52. The Hall–Kier alpha value is -2.68. The minimum Gasteiger partial charge on any atom is -0.493 e. The minimum absolute atomic E-state index is 0.00716. The van der Waals surface area contributed by atoms with E-state index in [0.29, 0.717) is 23.8 Å². The molecule has 1 aromatic rings. The van der Waals surface area contributed by atoms with Crippen molar-refractivity contribution in [2.24, 2.45) is 10.4 Å². The van der Waals surface area contributed by atoms with Crippen LogP contribution >= 0.6 is 0 Å². The Kier molecular flexibility index (Phi) is 9.43. The van der Waals surface area contributed by atoms with Crippen molar-refractivity contribution in [3.8, 4) is 17.2 Å². The van der Waals surface area contributed by atoms with E-state index in [0.717, 1.165) is 50.8 Å². The molecule has 1 saturated heterocycles. The number of hydrogen-bond acceptors (Lipinski definition) is 6. The van der Waals surface area contributed by atoms with Crippen molar-refractivity contribution in [3.63, 3.8) is 0 Å². The van der Waals surface area contributed by atoms with Crippen LogP contribution in [0.5, 0.6) is 17.2 Å². The van der Waals surface area contributed by atoms with Crippen molar-refractivity contribution >= 4 is 11.9 Å². The van der Waals surface area contributed by atoms with Crippen LogP contribution in [0.4, 0.5) is 0 Å². The summed E-state index contributed by atoms with van der Waals surface area (Å²) in [7, 11) is 6.53. The third kappa shape index (κ3) is 6.41. The smallest absolute Gasteiger partial charge is 0.227 e. The predicted molar refractivity (Wildman–Crippen MR) is 127 cm³/mol. The van der Waals surface area contributed by atoms with E-state index >= 15 is 0 Å². The SMILES string of the molecule is CCNC(=NCC(C)(C)C(=O)NC)N1CCN(Cc2cc(OC)c(OC)c(OC)c2)CC1. The van der Waals surface area contributed by atoms with Gasteiger partial charge in [0.2, 0.25) is 11.7 Å². The maximum Gasteiger partial charge on any atom is 0.227 e. The minimum atomic E-state index is -0.552. The summed E-state index contributed by atoms with van der Waals surface area (Å²) in [5.41, 5.74) is 0.560. The van der Waals surface area contributed by atoms with Gasteiger partial charge in [0.25, 0.3) is 0 Å². The fourth-order valence-electron chi connectivity index (χ4n) is 3.71.